The zero-order valence-electron chi connectivity index (χ0n) is 12.6. The van der Waals surface area contributed by atoms with E-state index in [1.165, 1.54) is 47.1 Å². The minimum absolute atomic E-state index is 0.922. The molecule has 4 rings (SSSR count). The molecule has 0 saturated carbocycles. The van der Waals surface area contributed by atoms with Gasteiger partial charge < -0.3 is 4.90 Å². The second-order valence-corrected chi connectivity index (χ2v) is 7.64. The maximum absolute atomic E-state index is 6.29. The van der Waals surface area contributed by atoms with E-state index in [0.29, 0.717) is 0 Å². The van der Waals surface area contributed by atoms with Crippen LogP contribution in [0.3, 0.4) is 0 Å². The molecule has 0 bridgehead atoms. The summed E-state index contributed by atoms with van der Waals surface area (Å²) in [6.07, 6.45) is 5.72. The Morgan fingerprint density at radius 1 is 1.18 bits per heavy atom. The van der Waals surface area contributed by atoms with Gasteiger partial charge in [-0.2, -0.15) is 0 Å². The summed E-state index contributed by atoms with van der Waals surface area (Å²) >= 11 is 8.15. The molecule has 2 aliphatic heterocycles. The highest BCUT2D eigenvalue weighted by molar-refractivity contribution is 7.15. The van der Waals surface area contributed by atoms with Gasteiger partial charge in [0.25, 0.3) is 0 Å². The van der Waals surface area contributed by atoms with Gasteiger partial charge in [-0.25, -0.2) is 4.98 Å². The first-order valence-electron chi connectivity index (χ1n) is 7.98. The lowest BCUT2D eigenvalue weighted by atomic mass is 10.00. The van der Waals surface area contributed by atoms with Crippen molar-refractivity contribution >= 4 is 28.1 Å². The average molecular weight is 334 g/mol. The Balaban J connectivity index is 1.44. The monoisotopic (exact) mass is 333 g/mol. The van der Waals surface area contributed by atoms with E-state index in [9.17, 15) is 0 Å². The Hall–Kier alpha value is -1.10. The van der Waals surface area contributed by atoms with Crippen LogP contribution in [0, 0.1) is 0 Å². The van der Waals surface area contributed by atoms with Gasteiger partial charge in [0.15, 0.2) is 5.13 Å². The van der Waals surface area contributed by atoms with Gasteiger partial charge in [-0.3, -0.25) is 4.90 Å². The molecule has 5 heteroatoms. The average Bonchev–Trinajstić information content (AvgIpc) is 3.18. The largest absolute Gasteiger partial charge is 0.348 e. The predicted octanol–water partition coefficient (Wildman–Crippen LogP) is 3.96. The molecule has 0 atom stereocenters. The maximum Gasteiger partial charge on any atom is 0.185 e. The van der Waals surface area contributed by atoms with Crippen molar-refractivity contribution in [3.63, 3.8) is 0 Å². The van der Waals surface area contributed by atoms with Crippen LogP contribution < -0.4 is 4.90 Å². The number of hydrogen-bond acceptors (Lipinski definition) is 4. The molecule has 0 aliphatic carbocycles. The predicted molar refractivity (Wildman–Crippen MR) is 92.8 cm³/mol. The third-order valence-corrected chi connectivity index (χ3v) is 5.98. The van der Waals surface area contributed by atoms with Gasteiger partial charge in [0, 0.05) is 48.8 Å². The number of aromatic nitrogens is 1. The van der Waals surface area contributed by atoms with Crippen LogP contribution in [-0.4, -0.2) is 29.5 Å². The van der Waals surface area contributed by atoms with Crippen molar-refractivity contribution in [2.75, 3.05) is 24.5 Å². The van der Waals surface area contributed by atoms with Crippen LogP contribution in [0.4, 0.5) is 5.13 Å². The first-order valence-corrected chi connectivity index (χ1v) is 9.17. The van der Waals surface area contributed by atoms with Crippen LogP contribution in [0.1, 0.15) is 28.8 Å². The molecule has 2 aliphatic rings. The van der Waals surface area contributed by atoms with E-state index in [4.69, 9.17) is 11.6 Å². The fraction of sp³-hybridized carbons (Fsp3) is 0.471. The molecule has 0 radical (unpaired) electrons. The fourth-order valence-corrected chi connectivity index (χ4v) is 4.69. The molecule has 3 nitrogen and oxygen atoms in total. The summed E-state index contributed by atoms with van der Waals surface area (Å²) in [4.78, 5) is 10.9. The van der Waals surface area contributed by atoms with Crippen molar-refractivity contribution < 1.29 is 0 Å². The van der Waals surface area contributed by atoms with Crippen LogP contribution >= 0.6 is 22.9 Å². The van der Waals surface area contributed by atoms with Gasteiger partial charge in [0.1, 0.15) is 0 Å². The molecule has 22 heavy (non-hydrogen) atoms. The van der Waals surface area contributed by atoms with Crippen molar-refractivity contribution in [2.24, 2.45) is 0 Å². The molecule has 1 saturated heterocycles. The number of halogens is 1. The van der Waals surface area contributed by atoms with Crippen LogP contribution in [-0.2, 0) is 19.5 Å². The van der Waals surface area contributed by atoms with Gasteiger partial charge >= 0.3 is 0 Å². The molecule has 1 fully saturated rings. The van der Waals surface area contributed by atoms with E-state index in [1.807, 2.05) is 17.4 Å². The van der Waals surface area contributed by atoms with E-state index >= 15 is 0 Å². The first-order chi connectivity index (χ1) is 10.8. The number of hydrogen-bond donors (Lipinski definition) is 0. The van der Waals surface area contributed by atoms with E-state index in [1.54, 1.807) is 0 Å². The second kappa shape index (κ2) is 6.19. The first kappa shape index (κ1) is 14.5. The molecule has 2 aromatic rings. The number of fused-ring (bicyclic) bond motifs is 1. The van der Waals surface area contributed by atoms with E-state index < -0.39 is 0 Å². The lowest BCUT2D eigenvalue weighted by Crippen LogP contribution is -2.29. The number of thiazole rings is 1. The van der Waals surface area contributed by atoms with Crippen LogP contribution in [0.5, 0.6) is 0 Å². The van der Waals surface area contributed by atoms with Crippen molar-refractivity contribution in [2.45, 2.75) is 32.4 Å². The SMILES string of the molecule is Clc1cccc2c1CCN(Cc1cnc(N3CCCC3)s1)C2. The molecule has 116 valence electrons. The summed E-state index contributed by atoms with van der Waals surface area (Å²) < 4.78 is 0. The van der Waals surface area contributed by atoms with Crippen molar-refractivity contribution in [3.05, 3.63) is 45.4 Å². The Morgan fingerprint density at radius 2 is 2.05 bits per heavy atom. The van der Waals surface area contributed by atoms with Crippen molar-refractivity contribution in [1.82, 2.24) is 9.88 Å². The molecule has 1 aromatic carbocycles. The lowest BCUT2D eigenvalue weighted by molar-refractivity contribution is 0.247. The van der Waals surface area contributed by atoms with Gasteiger partial charge in [0.05, 0.1) is 0 Å². The summed E-state index contributed by atoms with van der Waals surface area (Å²) in [5.41, 5.74) is 2.71. The fourth-order valence-electron chi connectivity index (χ4n) is 3.40. The third kappa shape index (κ3) is 2.87. The Bertz CT molecular complexity index is 664. The normalized spacial score (nSPS) is 18.7. The van der Waals surface area contributed by atoms with E-state index in [2.05, 4.69) is 33.1 Å². The summed E-state index contributed by atoms with van der Waals surface area (Å²) in [6.45, 7) is 5.41. The number of anilines is 1. The molecular formula is C17H20ClN3S. The van der Waals surface area contributed by atoms with Crippen LogP contribution in [0.25, 0.3) is 0 Å². The molecular weight excluding hydrogens is 314 g/mol. The number of rotatable bonds is 3. The zero-order chi connectivity index (χ0) is 14.9. The maximum atomic E-state index is 6.29. The topological polar surface area (TPSA) is 19.4 Å². The summed E-state index contributed by atoms with van der Waals surface area (Å²) in [5.74, 6) is 0. The number of benzene rings is 1. The molecule has 0 spiro atoms. The highest BCUT2D eigenvalue weighted by atomic mass is 35.5. The van der Waals surface area contributed by atoms with Crippen molar-refractivity contribution in [3.8, 4) is 0 Å². The highest BCUT2D eigenvalue weighted by Crippen LogP contribution is 2.30. The molecule has 0 unspecified atom stereocenters. The zero-order valence-corrected chi connectivity index (χ0v) is 14.2. The van der Waals surface area contributed by atoms with Crippen molar-refractivity contribution in [1.29, 1.82) is 0 Å². The minimum Gasteiger partial charge on any atom is -0.348 e. The smallest absolute Gasteiger partial charge is 0.185 e. The summed E-state index contributed by atoms with van der Waals surface area (Å²) in [7, 11) is 0. The molecule has 1 aromatic heterocycles. The summed E-state index contributed by atoms with van der Waals surface area (Å²) in [6, 6.07) is 6.26. The number of nitrogens with zero attached hydrogens (tertiary/aromatic N) is 3. The van der Waals surface area contributed by atoms with Crippen LogP contribution in [0.2, 0.25) is 5.02 Å². The van der Waals surface area contributed by atoms with Gasteiger partial charge in [-0.1, -0.05) is 23.7 Å². The molecule has 3 heterocycles. The third-order valence-electron chi connectivity index (χ3n) is 4.59. The van der Waals surface area contributed by atoms with Gasteiger partial charge in [0.2, 0.25) is 0 Å². The Kier molecular flexibility index (Phi) is 4.07. The molecule has 0 N–H and O–H groups in total. The molecule has 0 amide bonds. The second-order valence-electron chi connectivity index (χ2n) is 6.14. The van der Waals surface area contributed by atoms with Crippen LogP contribution in [0.15, 0.2) is 24.4 Å². The van der Waals surface area contributed by atoms with E-state index in [-0.39, 0.29) is 0 Å². The Labute approximate surface area is 140 Å². The standard InChI is InChI=1S/C17H20ClN3S/c18-16-5-3-4-13-11-20(9-6-15(13)16)12-14-10-19-17(22-14)21-7-1-2-8-21/h3-5,10H,1-2,6-9,11-12H2. The highest BCUT2D eigenvalue weighted by Gasteiger charge is 2.20. The van der Waals surface area contributed by atoms with Gasteiger partial charge in [-0.15, -0.1) is 11.3 Å². The lowest BCUT2D eigenvalue weighted by Gasteiger charge is -2.28. The van der Waals surface area contributed by atoms with E-state index in [0.717, 1.165) is 31.1 Å². The summed E-state index contributed by atoms with van der Waals surface area (Å²) in [5, 5.41) is 2.12. The van der Waals surface area contributed by atoms with Gasteiger partial charge in [-0.05, 0) is 36.5 Å². The minimum atomic E-state index is 0.922. The Morgan fingerprint density at radius 3 is 2.91 bits per heavy atom. The quantitative estimate of drug-likeness (QED) is 0.847.